The van der Waals surface area contributed by atoms with Crippen molar-refractivity contribution >= 4 is 5.91 Å². The minimum Gasteiger partial charge on any atom is -0.490 e. The van der Waals surface area contributed by atoms with Gasteiger partial charge in [0.1, 0.15) is 11.9 Å². The number of hydrogen-bond donors (Lipinski definition) is 1. The maximum Gasteiger partial charge on any atom is 0.251 e. The summed E-state index contributed by atoms with van der Waals surface area (Å²) < 4.78 is 6.29. The third kappa shape index (κ3) is 7.22. The number of nitrogens with one attached hydrogen (secondary N) is 1. The Morgan fingerprint density at radius 3 is 2.21 bits per heavy atom. The topological polar surface area (TPSA) is 68.6 Å². The first-order valence-corrected chi connectivity index (χ1v) is 13.7. The van der Waals surface area contributed by atoms with Crippen molar-refractivity contribution in [2.75, 3.05) is 26.2 Å². The van der Waals surface area contributed by atoms with E-state index in [0.717, 1.165) is 70.7 Å². The molecule has 0 bridgehead atoms. The van der Waals surface area contributed by atoms with E-state index in [0.29, 0.717) is 11.1 Å². The molecule has 196 valence electrons. The normalized spacial score (nSPS) is 17.6. The smallest absolute Gasteiger partial charge is 0.251 e. The number of nitrogens with zero attached hydrogens (tertiary/aromatic N) is 3. The van der Waals surface area contributed by atoms with Gasteiger partial charge in [-0.1, -0.05) is 48.5 Å². The van der Waals surface area contributed by atoms with Crippen LogP contribution in [-0.4, -0.2) is 54.0 Å². The molecule has 0 aliphatic carbocycles. The molecule has 5 rings (SSSR count). The maximum absolute atomic E-state index is 13.0. The lowest BCUT2D eigenvalue weighted by molar-refractivity contribution is 0.0901. The molecule has 1 N–H and O–H groups in total. The van der Waals surface area contributed by atoms with E-state index in [4.69, 9.17) is 10.00 Å². The molecule has 0 saturated carbocycles. The van der Waals surface area contributed by atoms with Crippen molar-refractivity contribution in [1.29, 1.82) is 5.26 Å². The highest BCUT2D eigenvalue weighted by molar-refractivity contribution is 5.94. The zero-order valence-electron chi connectivity index (χ0n) is 21.9. The fraction of sp³-hybridized carbons (Fsp3) is 0.375. The Labute approximate surface area is 225 Å². The highest BCUT2D eigenvalue weighted by Gasteiger charge is 2.23. The van der Waals surface area contributed by atoms with Crippen LogP contribution in [0.3, 0.4) is 0 Å². The highest BCUT2D eigenvalue weighted by atomic mass is 16.5. The lowest BCUT2D eigenvalue weighted by Gasteiger charge is -2.32. The average Bonchev–Trinajstić information content (AvgIpc) is 2.96. The van der Waals surface area contributed by atoms with Crippen LogP contribution in [-0.2, 0) is 13.1 Å². The molecule has 3 aromatic rings. The number of hydrogen-bond acceptors (Lipinski definition) is 5. The van der Waals surface area contributed by atoms with Crippen molar-refractivity contribution in [3.8, 4) is 11.8 Å². The molecule has 0 spiro atoms. The Bertz CT molecular complexity index is 1240. The van der Waals surface area contributed by atoms with Gasteiger partial charge in [0.05, 0.1) is 11.6 Å². The largest absolute Gasteiger partial charge is 0.490 e. The van der Waals surface area contributed by atoms with Crippen LogP contribution >= 0.6 is 0 Å². The summed E-state index contributed by atoms with van der Waals surface area (Å²) >= 11 is 0. The molecule has 2 aliphatic heterocycles. The molecular weight excluding hydrogens is 472 g/mol. The van der Waals surface area contributed by atoms with Gasteiger partial charge in [0.2, 0.25) is 0 Å². The summed E-state index contributed by atoms with van der Waals surface area (Å²) in [6.07, 6.45) is 3.96. The van der Waals surface area contributed by atoms with E-state index >= 15 is 0 Å². The van der Waals surface area contributed by atoms with E-state index in [2.05, 4.69) is 51.5 Å². The molecule has 6 heteroatoms. The van der Waals surface area contributed by atoms with Crippen molar-refractivity contribution in [3.05, 3.63) is 101 Å². The van der Waals surface area contributed by atoms with Gasteiger partial charge in [-0.25, -0.2) is 0 Å². The second kappa shape index (κ2) is 12.7. The molecule has 3 aromatic carbocycles. The molecule has 2 aliphatic rings. The number of nitriles is 1. The molecular formula is C32H36N4O2. The van der Waals surface area contributed by atoms with Crippen LogP contribution < -0.4 is 10.1 Å². The van der Waals surface area contributed by atoms with Crippen LogP contribution in [0.1, 0.15) is 52.7 Å². The summed E-state index contributed by atoms with van der Waals surface area (Å²) in [5.74, 6) is 0.738. The molecule has 2 heterocycles. The van der Waals surface area contributed by atoms with Crippen LogP contribution in [0.15, 0.2) is 78.9 Å². The summed E-state index contributed by atoms with van der Waals surface area (Å²) in [5.41, 5.74) is 3.87. The number of carbonyl (C=O) groups excluding carboxylic acids is 1. The SMILES string of the molecule is N#Cc1cccc(CN2CCC(Oc3cccc(C(=O)NC4CCN(Cc5ccccc5)CC4)c3)CC2)c1. The number of benzene rings is 3. The van der Waals surface area contributed by atoms with Gasteiger partial charge in [-0.3, -0.25) is 14.6 Å². The Morgan fingerprint density at radius 2 is 1.47 bits per heavy atom. The Hall–Kier alpha value is -3.66. The third-order valence-corrected chi connectivity index (χ3v) is 7.57. The molecule has 6 nitrogen and oxygen atoms in total. The Morgan fingerprint density at radius 1 is 0.816 bits per heavy atom. The maximum atomic E-state index is 13.0. The highest BCUT2D eigenvalue weighted by Crippen LogP contribution is 2.22. The van der Waals surface area contributed by atoms with Crippen LogP contribution in [0, 0.1) is 11.3 Å². The Balaban J connectivity index is 1.06. The van der Waals surface area contributed by atoms with Gasteiger partial charge in [0.15, 0.2) is 0 Å². The van der Waals surface area contributed by atoms with E-state index in [1.54, 1.807) is 0 Å². The van der Waals surface area contributed by atoms with Gasteiger partial charge < -0.3 is 10.1 Å². The first kappa shape index (κ1) is 26.0. The predicted octanol–water partition coefficient (Wildman–Crippen LogP) is 5.00. The van der Waals surface area contributed by atoms with Crippen molar-refractivity contribution in [2.24, 2.45) is 0 Å². The first-order valence-electron chi connectivity index (χ1n) is 13.7. The zero-order valence-corrected chi connectivity index (χ0v) is 21.9. The van der Waals surface area contributed by atoms with Gasteiger partial charge in [-0.15, -0.1) is 0 Å². The van der Waals surface area contributed by atoms with Crippen molar-refractivity contribution in [3.63, 3.8) is 0 Å². The number of rotatable bonds is 8. The van der Waals surface area contributed by atoms with Crippen LogP contribution in [0.2, 0.25) is 0 Å². The molecule has 0 atom stereocenters. The molecule has 0 unspecified atom stereocenters. The van der Waals surface area contributed by atoms with E-state index in [-0.39, 0.29) is 18.1 Å². The molecule has 0 radical (unpaired) electrons. The van der Waals surface area contributed by atoms with E-state index in [1.165, 1.54) is 11.1 Å². The number of ether oxygens (including phenoxy) is 1. The molecule has 38 heavy (non-hydrogen) atoms. The minimum absolute atomic E-state index is 0.0219. The fourth-order valence-corrected chi connectivity index (χ4v) is 5.43. The van der Waals surface area contributed by atoms with Gasteiger partial charge in [0.25, 0.3) is 5.91 Å². The van der Waals surface area contributed by atoms with Crippen LogP contribution in [0.5, 0.6) is 5.75 Å². The quantitative estimate of drug-likeness (QED) is 0.464. The summed E-state index contributed by atoms with van der Waals surface area (Å²) in [4.78, 5) is 17.9. The van der Waals surface area contributed by atoms with E-state index < -0.39 is 0 Å². The first-order chi connectivity index (χ1) is 18.6. The van der Waals surface area contributed by atoms with Crippen molar-refractivity contribution < 1.29 is 9.53 Å². The monoisotopic (exact) mass is 508 g/mol. The molecule has 1 amide bonds. The van der Waals surface area contributed by atoms with Gasteiger partial charge >= 0.3 is 0 Å². The standard InChI is InChI=1S/C32H36N4O2/c33-22-26-8-4-9-27(20-26)24-36-18-14-30(15-19-36)38-31-11-5-10-28(21-31)32(37)34-29-12-16-35(17-13-29)23-25-6-2-1-3-7-25/h1-11,20-21,29-30H,12-19,23-24H2,(H,34,37). The molecule has 2 saturated heterocycles. The summed E-state index contributed by atoms with van der Waals surface area (Å²) in [5, 5.41) is 12.4. The summed E-state index contributed by atoms with van der Waals surface area (Å²) in [6.45, 7) is 5.70. The number of piperidine rings is 2. The van der Waals surface area contributed by atoms with Gasteiger partial charge in [0, 0.05) is 50.9 Å². The minimum atomic E-state index is -0.0219. The number of amides is 1. The Kier molecular flexibility index (Phi) is 8.70. The van der Waals surface area contributed by atoms with Crippen molar-refractivity contribution in [1.82, 2.24) is 15.1 Å². The average molecular weight is 509 g/mol. The lowest BCUT2D eigenvalue weighted by atomic mass is 10.0. The summed E-state index contributed by atoms with van der Waals surface area (Å²) in [7, 11) is 0. The summed E-state index contributed by atoms with van der Waals surface area (Å²) in [6, 6.07) is 28.4. The second-order valence-corrected chi connectivity index (χ2v) is 10.4. The van der Waals surface area contributed by atoms with E-state index in [1.807, 2.05) is 48.5 Å². The van der Waals surface area contributed by atoms with E-state index in [9.17, 15) is 4.79 Å². The lowest BCUT2D eigenvalue weighted by Crippen LogP contribution is -2.44. The predicted molar refractivity (Wildman–Crippen MR) is 149 cm³/mol. The van der Waals surface area contributed by atoms with Gasteiger partial charge in [-0.2, -0.15) is 5.26 Å². The third-order valence-electron chi connectivity index (χ3n) is 7.57. The zero-order chi connectivity index (χ0) is 26.2. The number of likely N-dealkylation sites (tertiary alicyclic amines) is 2. The number of carbonyl (C=O) groups is 1. The van der Waals surface area contributed by atoms with Crippen LogP contribution in [0.4, 0.5) is 0 Å². The molecule has 0 aromatic heterocycles. The van der Waals surface area contributed by atoms with Gasteiger partial charge in [-0.05, 0) is 67.1 Å². The second-order valence-electron chi connectivity index (χ2n) is 10.4. The molecule has 2 fully saturated rings. The fourth-order valence-electron chi connectivity index (χ4n) is 5.43. The van der Waals surface area contributed by atoms with Crippen molar-refractivity contribution in [2.45, 2.75) is 50.9 Å². The van der Waals surface area contributed by atoms with Crippen LogP contribution in [0.25, 0.3) is 0 Å².